The molecule has 0 atom stereocenters. The van der Waals surface area contributed by atoms with Crippen LogP contribution in [-0.4, -0.2) is 15.6 Å². The Bertz CT molecular complexity index is 802. The van der Waals surface area contributed by atoms with Crippen molar-refractivity contribution in [3.8, 4) is 5.69 Å². The van der Waals surface area contributed by atoms with Crippen LogP contribution in [0.4, 0.5) is 14.9 Å². The number of para-hydroxylation sites is 2. The Hall–Kier alpha value is -3.15. The predicted molar refractivity (Wildman–Crippen MR) is 85.8 cm³/mol. The highest BCUT2D eigenvalue weighted by molar-refractivity contribution is 5.89. The van der Waals surface area contributed by atoms with Gasteiger partial charge in [0.15, 0.2) is 0 Å². The van der Waals surface area contributed by atoms with Crippen molar-refractivity contribution >= 4 is 11.7 Å². The summed E-state index contributed by atoms with van der Waals surface area (Å²) in [5, 5.41) is 5.22. The van der Waals surface area contributed by atoms with Crippen molar-refractivity contribution in [2.24, 2.45) is 0 Å². The molecule has 0 fully saturated rings. The first-order valence-corrected chi connectivity index (χ1v) is 7.09. The first-order valence-electron chi connectivity index (χ1n) is 7.09. The van der Waals surface area contributed by atoms with Crippen molar-refractivity contribution in [1.29, 1.82) is 0 Å². The number of nitrogens with zero attached hydrogens (tertiary/aromatic N) is 2. The Kier molecular flexibility index (Phi) is 4.33. The summed E-state index contributed by atoms with van der Waals surface area (Å²) >= 11 is 0. The quantitative estimate of drug-likeness (QED) is 0.776. The minimum absolute atomic E-state index is 0.146. The molecule has 0 saturated carbocycles. The highest BCUT2D eigenvalue weighted by Crippen LogP contribution is 2.15. The highest BCUT2D eigenvalue weighted by atomic mass is 19.1. The SMILES string of the molecule is O=C(NCc1ccccc1-n1ccnc1)Nc1ccccc1F. The van der Waals surface area contributed by atoms with E-state index in [1.807, 2.05) is 35.0 Å². The van der Waals surface area contributed by atoms with Gasteiger partial charge >= 0.3 is 6.03 Å². The average molecular weight is 310 g/mol. The van der Waals surface area contributed by atoms with E-state index in [2.05, 4.69) is 15.6 Å². The number of amides is 2. The number of rotatable bonds is 4. The standard InChI is InChI=1S/C17H15FN4O/c18-14-6-2-3-7-15(14)21-17(23)20-11-13-5-1-4-8-16(13)22-10-9-19-12-22/h1-10,12H,11H2,(H2,20,21,23). The number of carbonyl (C=O) groups is 1. The zero-order valence-electron chi connectivity index (χ0n) is 12.2. The monoisotopic (exact) mass is 310 g/mol. The first-order chi connectivity index (χ1) is 11.2. The van der Waals surface area contributed by atoms with Gasteiger partial charge in [-0.15, -0.1) is 0 Å². The van der Waals surface area contributed by atoms with Gasteiger partial charge in [0.25, 0.3) is 0 Å². The maximum Gasteiger partial charge on any atom is 0.319 e. The molecule has 0 bridgehead atoms. The fourth-order valence-corrected chi connectivity index (χ4v) is 2.22. The molecule has 0 unspecified atom stereocenters. The summed E-state index contributed by atoms with van der Waals surface area (Å²) in [4.78, 5) is 15.9. The van der Waals surface area contributed by atoms with Crippen LogP contribution in [0.1, 0.15) is 5.56 Å². The number of aromatic nitrogens is 2. The van der Waals surface area contributed by atoms with Gasteiger partial charge in [0.1, 0.15) is 5.82 Å². The minimum Gasteiger partial charge on any atom is -0.334 e. The molecule has 2 aromatic carbocycles. The van der Waals surface area contributed by atoms with E-state index in [0.717, 1.165) is 11.3 Å². The second kappa shape index (κ2) is 6.74. The predicted octanol–water partition coefficient (Wildman–Crippen LogP) is 3.33. The lowest BCUT2D eigenvalue weighted by Gasteiger charge is -2.12. The zero-order valence-corrected chi connectivity index (χ0v) is 12.2. The van der Waals surface area contributed by atoms with Crippen LogP contribution in [0.15, 0.2) is 67.3 Å². The van der Waals surface area contributed by atoms with Crippen LogP contribution in [0.2, 0.25) is 0 Å². The topological polar surface area (TPSA) is 59.0 Å². The van der Waals surface area contributed by atoms with Crippen LogP contribution in [0.5, 0.6) is 0 Å². The molecule has 1 aromatic heterocycles. The number of carbonyl (C=O) groups excluding carboxylic acids is 1. The molecule has 23 heavy (non-hydrogen) atoms. The van der Waals surface area contributed by atoms with Gasteiger partial charge in [-0.1, -0.05) is 30.3 Å². The van der Waals surface area contributed by atoms with Gasteiger partial charge in [-0.2, -0.15) is 0 Å². The third-order valence-corrected chi connectivity index (χ3v) is 3.34. The van der Waals surface area contributed by atoms with Gasteiger partial charge in [0.2, 0.25) is 0 Å². The molecule has 0 spiro atoms. The molecular formula is C17H15FN4O. The summed E-state index contributed by atoms with van der Waals surface area (Å²) < 4.78 is 15.4. The van der Waals surface area contributed by atoms with Crippen molar-refractivity contribution in [3.05, 3.63) is 78.6 Å². The normalized spacial score (nSPS) is 10.3. The van der Waals surface area contributed by atoms with Crippen LogP contribution in [0.3, 0.4) is 0 Å². The van der Waals surface area contributed by atoms with Crippen molar-refractivity contribution < 1.29 is 9.18 Å². The van der Waals surface area contributed by atoms with E-state index in [1.165, 1.54) is 12.1 Å². The van der Waals surface area contributed by atoms with Crippen LogP contribution >= 0.6 is 0 Å². The fourth-order valence-electron chi connectivity index (χ4n) is 2.22. The average Bonchev–Trinajstić information content (AvgIpc) is 3.10. The van der Waals surface area contributed by atoms with E-state index in [4.69, 9.17) is 0 Å². The second-order valence-electron chi connectivity index (χ2n) is 4.89. The number of hydrogen-bond donors (Lipinski definition) is 2. The molecule has 6 heteroatoms. The molecular weight excluding hydrogens is 295 g/mol. The number of halogens is 1. The fraction of sp³-hybridized carbons (Fsp3) is 0.0588. The molecule has 0 aliphatic carbocycles. The largest absolute Gasteiger partial charge is 0.334 e. The summed E-state index contributed by atoms with van der Waals surface area (Å²) in [7, 11) is 0. The number of anilines is 1. The Morgan fingerprint density at radius 2 is 1.91 bits per heavy atom. The van der Waals surface area contributed by atoms with Gasteiger partial charge in [0.05, 0.1) is 17.7 Å². The maximum absolute atomic E-state index is 13.5. The second-order valence-corrected chi connectivity index (χ2v) is 4.89. The molecule has 116 valence electrons. The van der Waals surface area contributed by atoms with E-state index < -0.39 is 11.8 Å². The molecule has 2 N–H and O–H groups in total. The molecule has 0 aliphatic rings. The lowest BCUT2D eigenvalue weighted by atomic mass is 10.1. The third kappa shape index (κ3) is 3.55. The minimum atomic E-state index is -0.471. The van der Waals surface area contributed by atoms with Crippen molar-refractivity contribution in [2.75, 3.05) is 5.32 Å². The number of urea groups is 1. The Morgan fingerprint density at radius 3 is 2.70 bits per heavy atom. The van der Waals surface area contributed by atoms with E-state index in [0.29, 0.717) is 6.54 Å². The van der Waals surface area contributed by atoms with E-state index in [-0.39, 0.29) is 5.69 Å². The molecule has 0 saturated heterocycles. The summed E-state index contributed by atoms with van der Waals surface area (Å²) in [6, 6.07) is 13.2. The van der Waals surface area contributed by atoms with E-state index in [9.17, 15) is 9.18 Å². The number of hydrogen-bond acceptors (Lipinski definition) is 2. The molecule has 0 radical (unpaired) electrons. The van der Waals surface area contributed by atoms with Gasteiger partial charge in [-0.05, 0) is 23.8 Å². The molecule has 3 rings (SSSR count). The summed E-state index contributed by atoms with van der Waals surface area (Å²) in [6.45, 7) is 0.314. The Morgan fingerprint density at radius 1 is 1.13 bits per heavy atom. The third-order valence-electron chi connectivity index (χ3n) is 3.34. The van der Waals surface area contributed by atoms with E-state index >= 15 is 0 Å². The lowest BCUT2D eigenvalue weighted by molar-refractivity contribution is 0.251. The lowest BCUT2D eigenvalue weighted by Crippen LogP contribution is -2.29. The number of imidazole rings is 1. The van der Waals surface area contributed by atoms with Gasteiger partial charge in [0, 0.05) is 18.9 Å². The maximum atomic E-state index is 13.5. The molecule has 0 aliphatic heterocycles. The van der Waals surface area contributed by atoms with Crippen LogP contribution in [-0.2, 0) is 6.54 Å². The summed E-state index contributed by atoms with van der Waals surface area (Å²) in [5.74, 6) is -0.471. The molecule has 2 amide bonds. The molecule has 5 nitrogen and oxygen atoms in total. The number of nitrogens with one attached hydrogen (secondary N) is 2. The van der Waals surface area contributed by atoms with Gasteiger partial charge < -0.3 is 15.2 Å². The first kappa shape index (κ1) is 14.8. The highest BCUT2D eigenvalue weighted by Gasteiger charge is 2.08. The van der Waals surface area contributed by atoms with Crippen LogP contribution in [0.25, 0.3) is 5.69 Å². The van der Waals surface area contributed by atoms with Crippen molar-refractivity contribution in [2.45, 2.75) is 6.54 Å². The zero-order chi connectivity index (χ0) is 16.1. The van der Waals surface area contributed by atoms with Crippen molar-refractivity contribution in [3.63, 3.8) is 0 Å². The smallest absolute Gasteiger partial charge is 0.319 e. The van der Waals surface area contributed by atoms with Crippen LogP contribution < -0.4 is 10.6 Å². The van der Waals surface area contributed by atoms with Gasteiger partial charge in [-0.25, -0.2) is 14.2 Å². The van der Waals surface area contributed by atoms with Gasteiger partial charge in [-0.3, -0.25) is 0 Å². The number of benzene rings is 2. The van der Waals surface area contributed by atoms with Crippen LogP contribution in [0, 0.1) is 5.82 Å². The van der Waals surface area contributed by atoms with Crippen molar-refractivity contribution in [1.82, 2.24) is 14.9 Å². The van der Waals surface area contributed by atoms with E-state index in [1.54, 1.807) is 24.7 Å². The summed E-state index contributed by atoms with van der Waals surface area (Å²) in [5.41, 5.74) is 2.00. The Labute approximate surface area is 132 Å². The Balaban J connectivity index is 1.67. The molecule has 3 aromatic rings. The summed E-state index contributed by atoms with van der Waals surface area (Å²) in [6.07, 6.45) is 5.21. The molecule has 1 heterocycles.